The van der Waals surface area contributed by atoms with E-state index in [-0.39, 0.29) is 37.5 Å². The number of hydrogen-bond acceptors (Lipinski definition) is 3. The lowest BCUT2D eigenvalue weighted by Crippen LogP contribution is -2.42. The van der Waals surface area contributed by atoms with Gasteiger partial charge in [0, 0.05) is 23.3 Å². The van der Waals surface area contributed by atoms with Gasteiger partial charge >= 0.3 is 0 Å². The summed E-state index contributed by atoms with van der Waals surface area (Å²) in [6.45, 7) is 2.63. The normalized spacial score (nSPS) is 13.8. The van der Waals surface area contributed by atoms with E-state index in [1.807, 2.05) is 37.3 Å². The Morgan fingerprint density at radius 1 is 1.10 bits per heavy atom. The summed E-state index contributed by atoms with van der Waals surface area (Å²) in [6, 6.07) is 16.4. The zero-order valence-electron chi connectivity index (χ0n) is 17.5. The third kappa shape index (κ3) is 6.18. The number of halogens is 1. The second kappa shape index (κ2) is 10.8. The molecule has 1 fully saturated rings. The molecule has 0 bridgehead atoms. The van der Waals surface area contributed by atoms with Gasteiger partial charge in [-0.1, -0.05) is 55.3 Å². The highest BCUT2D eigenvalue weighted by molar-refractivity contribution is 6.30. The molecular weight excluding hydrogens is 414 g/mol. The van der Waals surface area contributed by atoms with Gasteiger partial charge in [-0.05, 0) is 42.3 Å². The summed E-state index contributed by atoms with van der Waals surface area (Å²) < 4.78 is 0. The summed E-state index contributed by atoms with van der Waals surface area (Å²) in [5.74, 6) is -0.626. The van der Waals surface area contributed by atoms with Crippen molar-refractivity contribution in [3.05, 3.63) is 71.3 Å². The summed E-state index contributed by atoms with van der Waals surface area (Å²) in [5, 5.41) is 0.581. The van der Waals surface area contributed by atoms with E-state index in [2.05, 4.69) is 0 Å². The van der Waals surface area contributed by atoms with E-state index in [9.17, 15) is 14.4 Å². The van der Waals surface area contributed by atoms with Gasteiger partial charge in [0.2, 0.25) is 17.7 Å². The van der Waals surface area contributed by atoms with Crippen LogP contribution in [-0.4, -0.2) is 53.8 Å². The minimum Gasteiger partial charge on any atom is -0.330 e. The Balaban J connectivity index is 1.64. The molecule has 0 N–H and O–H groups in total. The third-order valence-corrected chi connectivity index (χ3v) is 5.32. The van der Waals surface area contributed by atoms with Gasteiger partial charge in [-0.25, -0.2) is 0 Å². The maximum atomic E-state index is 12.9. The molecule has 2 aromatic carbocycles. The monoisotopic (exact) mass is 439 g/mol. The second-order valence-electron chi connectivity index (χ2n) is 7.39. The van der Waals surface area contributed by atoms with Crippen LogP contribution in [0.2, 0.25) is 5.02 Å². The molecule has 3 amide bonds. The van der Waals surface area contributed by atoms with Crippen LogP contribution in [-0.2, 0) is 14.4 Å². The number of rotatable bonds is 8. The second-order valence-corrected chi connectivity index (χ2v) is 7.83. The van der Waals surface area contributed by atoms with Gasteiger partial charge in [0.05, 0.1) is 0 Å². The average Bonchev–Trinajstić information content (AvgIpc) is 3.17. The first-order chi connectivity index (χ1) is 15.0. The lowest BCUT2D eigenvalue weighted by atomic mass is 10.2. The average molecular weight is 440 g/mol. The van der Waals surface area contributed by atoms with Gasteiger partial charge in [-0.3, -0.25) is 19.3 Å². The Kier molecular flexibility index (Phi) is 7.84. The first-order valence-electron chi connectivity index (χ1n) is 10.3. The van der Waals surface area contributed by atoms with Crippen LogP contribution in [0.25, 0.3) is 6.08 Å². The first kappa shape index (κ1) is 22.6. The van der Waals surface area contributed by atoms with Gasteiger partial charge in [-0.2, -0.15) is 0 Å². The minimum absolute atomic E-state index is 0.00285. The predicted octanol–water partition coefficient (Wildman–Crippen LogP) is 3.81. The van der Waals surface area contributed by atoms with Gasteiger partial charge in [0.1, 0.15) is 19.8 Å². The van der Waals surface area contributed by atoms with Crippen molar-refractivity contribution in [3.63, 3.8) is 0 Å². The highest BCUT2D eigenvalue weighted by Gasteiger charge is 2.32. The van der Waals surface area contributed by atoms with Crippen LogP contribution in [0.4, 0.5) is 5.69 Å². The highest BCUT2D eigenvalue weighted by Crippen LogP contribution is 2.22. The summed E-state index contributed by atoms with van der Waals surface area (Å²) in [7, 11) is 0. The van der Waals surface area contributed by atoms with Gasteiger partial charge in [-0.15, -0.1) is 0 Å². The summed E-state index contributed by atoms with van der Waals surface area (Å²) >= 11 is 5.92. The Bertz CT molecular complexity index is 944. The molecule has 0 aromatic heterocycles. The molecule has 0 spiro atoms. The van der Waals surface area contributed by atoms with Crippen LogP contribution in [0, 0.1) is 0 Å². The van der Waals surface area contributed by atoms with E-state index in [4.69, 9.17) is 11.6 Å². The quantitative estimate of drug-likeness (QED) is 0.587. The first-order valence-corrected chi connectivity index (χ1v) is 10.7. The molecule has 0 atom stereocenters. The number of nitrogens with zero attached hydrogens (tertiary/aromatic N) is 3. The molecule has 0 aliphatic carbocycles. The van der Waals surface area contributed by atoms with Crippen LogP contribution in [0.5, 0.6) is 0 Å². The molecule has 1 aliphatic heterocycles. The fourth-order valence-electron chi connectivity index (χ4n) is 3.28. The van der Waals surface area contributed by atoms with Crippen molar-refractivity contribution in [2.24, 2.45) is 0 Å². The maximum Gasteiger partial charge on any atom is 0.248 e. The van der Waals surface area contributed by atoms with Crippen molar-refractivity contribution in [1.29, 1.82) is 0 Å². The molecule has 0 radical (unpaired) electrons. The number of amides is 3. The summed E-state index contributed by atoms with van der Waals surface area (Å²) in [6.07, 6.45) is 4.95. The molecule has 6 nitrogen and oxygen atoms in total. The highest BCUT2D eigenvalue weighted by atomic mass is 35.5. The van der Waals surface area contributed by atoms with Crippen molar-refractivity contribution < 1.29 is 14.4 Å². The van der Waals surface area contributed by atoms with Gasteiger partial charge < -0.3 is 9.80 Å². The van der Waals surface area contributed by atoms with Crippen LogP contribution in [0.15, 0.2) is 60.7 Å². The number of benzene rings is 2. The number of anilines is 1. The smallest absolute Gasteiger partial charge is 0.248 e. The van der Waals surface area contributed by atoms with Gasteiger partial charge in [0.25, 0.3) is 0 Å². The SMILES string of the molecule is CCCCN(CC(=O)N1CC(=O)N(c2ccc(Cl)cc2)C1)C(=O)/C=C/c1ccccc1. The summed E-state index contributed by atoms with van der Waals surface area (Å²) in [4.78, 5) is 42.6. The van der Waals surface area contributed by atoms with E-state index < -0.39 is 0 Å². The van der Waals surface area contributed by atoms with Crippen molar-refractivity contribution in [2.75, 3.05) is 31.2 Å². The topological polar surface area (TPSA) is 60.9 Å². The third-order valence-electron chi connectivity index (χ3n) is 5.07. The van der Waals surface area contributed by atoms with E-state index in [1.54, 1.807) is 40.1 Å². The van der Waals surface area contributed by atoms with Crippen molar-refractivity contribution >= 4 is 41.1 Å². The Hall–Kier alpha value is -3.12. The minimum atomic E-state index is -0.248. The van der Waals surface area contributed by atoms with Crippen LogP contribution < -0.4 is 4.90 Å². The van der Waals surface area contributed by atoms with E-state index in [1.165, 1.54) is 11.0 Å². The fraction of sp³-hybridized carbons (Fsp3) is 0.292. The number of unbranched alkanes of at least 4 members (excludes halogenated alkanes) is 1. The van der Waals surface area contributed by atoms with E-state index in [0.717, 1.165) is 18.4 Å². The van der Waals surface area contributed by atoms with Gasteiger partial charge in [0.15, 0.2) is 0 Å². The molecule has 1 aliphatic rings. The number of carbonyl (C=O) groups is 3. The summed E-state index contributed by atoms with van der Waals surface area (Å²) in [5.41, 5.74) is 1.61. The molecular formula is C24H26ClN3O3. The van der Waals surface area contributed by atoms with E-state index >= 15 is 0 Å². The lowest BCUT2D eigenvalue weighted by molar-refractivity contribution is -0.138. The molecule has 1 saturated heterocycles. The molecule has 3 rings (SSSR count). The fourth-order valence-corrected chi connectivity index (χ4v) is 3.40. The number of hydrogen-bond donors (Lipinski definition) is 0. The molecule has 0 saturated carbocycles. The molecule has 2 aromatic rings. The molecule has 162 valence electrons. The standard InChI is InChI=1S/C24H26ClN3O3/c1-2-3-15-26(22(29)14-9-19-7-5-4-6-8-19)16-23(30)27-17-24(31)28(18-27)21-12-10-20(25)11-13-21/h4-14H,2-3,15-18H2,1H3/b14-9+. The zero-order valence-corrected chi connectivity index (χ0v) is 18.3. The van der Waals surface area contributed by atoms with Crippen molar-refractivity contribution in [1.82, 2.24) is 9.80 Å². The lowest BCUT2D eigenvalue weighted by Gasteiger charge is -2.24. The zero-order chi connectivity index (χ0) is 22.2. The molecule has 1 heterocycles. The molecule has 31 heavy (non-hydrogen) atoms. The van der Waals surface area contributed by atoms with Crippen molar-refractivity contribution in [2.45, 2.75) is 19.8 Å². The Morgan fingerprint density at radius 2 is 1.81 bits per heavy atom. The van der Waals surface area contributed by atoms with Crippen LogP contribution in [0.3, 0.4) is 0 Å². The predicted molar refractivity (Wildman–Crippen MR) is 122 cm³/mol. The van der Waals surface area contributed by atoms with Crippen LogP contribution in [0.1, 0.15) is 25.3 Å². The Morgan fingerprint density at radius 3 is 2.48 bits per heavy atom. The van der Waals surface area contributed by atoms with Crippen molar-refractivity contribution in [3.8, 4) is 0 Å². The van der Waals surface area contributed by atoms with Crippen LogP contribution >= 0.6 is 11.6 Å². The molecule has 0 unspecified atom stereocenters. The largest absolute Gasteiger partial charge is 0.330 e. The molecule has 7 heteroatoms. The van der Waals surface area contributed by atoms with E-state index in [0.29, 0.717) is 17.3 Å². The maximum absolute atomic E-state index is 12.9. The number of carbonyl (C=O) groups excluding carboxylic acids is 3. The Labute approximate surface area is 187 Å².